The molecule has 2 rings (SSSR count). The summed E-state index contributed by atoms with van der Waals surface area (Å²) in [5.74, 6) is 0.000141. The van der Waals surface area contributed by atoms with Crippen molar-refractivity contribution in [2.75, 3.05) is 19.3 Å². The molecule has 1 atom stereocenters. The van der Waals surface area contributed by atoms with Gasteiger partial charge in [0, 0.05) is 20.1 Å². The zero-order valence-electron chi connectivity index (χ0n) is 13.2. The van der Waals surface area contributed by atoms with Crippen LogP contribution in [0.3, 0.4) is 0 Å². The molecule has 0 N–H and O–H groups in total. The Labute approximate surface area is 133 Å². The van der Waals surface area contributed by atoms with E-state index < -0.39 is 16.1 Å². The second-order valence-corrected chi connectivity index (χ2v) is 7.81. The van der Waals surface area contributed by atoms with Crippen LogP contribution in [0.15, 0.2) is 30.3 Å². The summed E-state index contributed by atoms with van der Waals surface area (Å²) in [6.07, 6.45) is 1.93. The molecule has 1 fully saturated rings. The highest BCUT2D eigenvalue weighted by molar-refractivity contribution is 7.89. The number of nitrogens with zero attached hydrogens (tertiary/aromatic N) is 2. The van der Waals surface area contributed by atoms with E-state index in [0.29, 0.717) is 25.9 Å². The van der Waals surface area contributed by atoms with Crippen LogP contribution in [-0.4, -0.2) is 48.9 Å². The molecule has 0 aromatic heterocycles. The molecule has 0 radical (unpaired) electrons. The van der Waals surface area contributed by atoms with Crippen molar-refractivity contribution < 1.29 is 13.2 Å². The van der Waals surface area contributed by atoms with Crippen LogP contribution in [-0.2, 0) is 21.4 Å². The third-order valence-electron chi connectivity index (χ3n) is 3.95. The average molecular weight is 324 g/mol. The van der Waals surface area contributed by atoms with E-state index in [2.05, 4.69) is 0 Å². The van der Waals surface area contributed by atoms with E-state index in [1.165, 1.54) is 4.31 Å². The predicted octanol–water partition coefficient (Wildman–Crippen LogP) is 1.85. The Kier molecular flexibility index (Phi) is 5.58. The van der Waals surface area contributed by atoms with Gasteiger partial charge in [-0.2, -0.15) is 4.31 Å². The fourth-order valence-electron chi connectivity index (χ4n) is 2.88. The van der Waals surface area contributed by atoms with Crippen molar-refractivity contribution in [3.05, 3.63) is 35.9 Å². The fraction of sp³-hybridized carbons (Fsp3) is 0.562. The van der Waals surface area contributed by atoms with Crippen LogP contribution in [0.25, 0.3) is 0 Å². The van der Waals surface area contributed by atoms with Gasteiger partial charge in [0.15, 0.2) is 0 Å². The predicted molar refractivity (Wildman–Crippen MR) is 86.7 cm³/mol. The molecule has 1 heterocycles. The van der Waals surface area contributed by atoms with E-state index in [1.807, 2.05) is 37.3 Å². The van der Waals surface area contributed by atoms with Crippen LogP contribution in [0.4, 0.5) is 0 Å². The number of likely N-dealkylation sites (N-methyl/N-ethyl adjacent to an activating group) is 1. The molecule has 0 aliphatic carbocycles. The molecule has 1 aliphatic rings. The number of sulfonamides is 1. The van der Waals surface area contributed by atoms with Crippen molar-refractivity contribution in [3.8, 4) is 0 Å². The number of hydrogen-bond acceptors (Lipinski definition) is 3. The molecule has 1 aromatic carbocycles. The summed E-state index contributed by atoms with van der Waals surface area (Å²) in [7, 11) is -1.59. The Morgan fingerprint density at radius 1 is 1.32 bits per heavy atom. The first kappa shape index (κ1) is 17.0. The van der Waals surface area contributed by atoms with E-state index in [4.69, 9.17) is 0 Å². The molecule has 22 heavy (non-hydrogen) atoms. The molecule has 1 saturated heterocycles. The number of hydrogen-bond donors (Lipinski definition) is 0. The fourth-order valence-corrected chi connectivity index (χ4v) is 4.63. The van der Waals surface area contributed by atoms with Gasteiger partial charge in [-0.05, 0) is 24.8 Å². The summed E-state index contributed by atoms with van der Waals surface area (Å²) in [6, 6.07) is 9.18. The lowest BCUT2D eigenvalue weighted by Crippen LogP contribution is -2.46. The highest BCUT2D eigenvalue weighted by atomic mass is 32.2. The van der Waals surface area contributed by atoms with Crippen LogP contribution < -0.4 is 0 Å². The van der Waals surface area contributed by atoms with Crippen LogP contribution >= 0.6 is 0 Å². The van der Waals surface area contributed by atoms with Crippen LogP contribution in [0.2, 0.25) is 0 Å². The van der Waals surface area contributed by atoms with Gasteiger partial charge in [0.25, 0.3) is 0 Å². The summed E-state index contributed by atoms with van der Waals surface area (Å²) < 4.78 is 26.0. The van der Waals surface area contributed by atoms with Crippen molar-refractivity contribution in [3.63, 3.8) is 0 Å². The van der Waals surface area contributed by atoms with Crippen LogP contribution in [0, 0.1) is 0 Å². The summed E-state index contributed by atoms with van der Waals surface area (Å²) in [6.45, 7) is 2.79. The van der Waals surface area contributed by atoms with Crippen molar-refractivity contribution in [1.82, 2.24) is 9.21 Å². The third-order valence-corrected chi connectivity index (χ3v) is 6.02. The van der Waals surface area contributed by atoms with Crippen molar-refractivity contribution in [2.24, 2.45) is 0 Å². The van der Waals surface area contributed by atoms with E-state index in [-0.39, 0.29) is 11.7 Å². The SMILES string of the molecule is CCCS(=O)(=O)N1CCC[C@H]1C(=O)N(C)Cc1ccccc1. The molecule has 0 unspecified atom stereocenters. The molecular formula is C16H24N2O3S. The molecular weight excluding hydrogens is 300 g/mol. The van der Waals surface area contributed by atoms with Gasteiger partial charge < -0.3 is 4.90 Å². The van der Waals surface area contributed by atoms with Gasteiger partial charge in [-0.15, -0.1) is 0 Å². The quantitative estimate of drug-likeness (QED) is 0.802. The summed E-state index contributed by atoms with van der Waals surface area (Å²) in [5.41, 5.74) is 1.04. The highest BCUT2D eigenvalue weighted by Crippen LogP contribution is 2.23. The van der Waals surface area contributed by atoms with Gasteiger partial charge in [-0.3, -0.25) is 4.79 Å². The normalized spacial score (nSPS) is 19.3. The van der Waals surface area contributed by atoms with Crippen LogP contribution in [0.5, 0.6) is 0 Å². The second-order valence-electron chi connectivity index (χ2n) is 5.76. The largest absolute Gasteiger partial charge is 0.340 e. The zero-order chi connectivity index (χ0) is 16.2. The number of carbonyl (C=O) groups excluding carboxylic acids is 1. The minimum absolute atomic E-state index is 0.110. The maximum absolute atomic E-state index is 12.6. The molecule has 5 nitrogen and oxygen atoms in total. The van der Waals surface area contributed by atoms with Crippen molar-refractivity contribution in [2.45, 2.75) is 38.8 Å². The Morgan fingerprint density at radius 3 is 2.64 bits per heavy atom. The molecule has 1 aliphatic heterocycles. The standard InChI is InChI=1S/C16H24N2O3S/c1-3-12-22(20,21)18-11-7-10-15(18)16(19)17(2)13-14-8-5-4-6-9-14/h4-6,8-9,15H,3,7,10-13H2,1-2H3/t15-/m0/s1. The molecule has 6 heteroatoms. The molecule has 0 spiro atoms. The molecule has 0 saturated carbocycles. The van der Waals surface area contributed by atoms with Gasteiger partial charge in [0.1, 0.15) is 6.04 Å². The average Bonchev–Trinajstić information content (AvgIpc) is 2.97. The lowest BCUT2D eigenvalue weighted by Gasteiger charge is -2.27. The number of rotatable bonds is 6. The summed E-state index contributed by atoms with van der Waals surface area (Å²) in [4.78, 5) is 14.3. The Balaban J connectivity index is 2.07. The summed E-state index contributed by atoms with van der Waals surface area (Å²) in [5, 5.41) is 0. The van der Waals surface area contributed by atoms with E-state index in [1.54, 1.807) is 11.9 Å². The van der Waals surface area contributed by atoms with Gasteiger partial charge >= 0.3 is 0 Å². The maximum Gasteiger partial charge on any atom is 0.241 e. The number of amides is 1. The molecule has 1 amide bonds. The van der Waals surface area contributed by atoms with E-state index >= 15 is 0 Å². The number of benzene rings is 1. The Bertz CT molecular complexity index is 601. The third kappa shape index (κ3) is 3.87. The minimum Gasteiger partial charge on any atom is -0.340 e. The van der Waals surface area contributed by atoms with Gasteiger partial charge in [-0.25, -0.2) is 8.42 Å². The van der Waals surface area contributed by atoms with Crippen molar-refractivity contribution in [1.29, 1.82) is 0 Å². The number of carbonyl (C=O) groups is 1. The molecule has 1 aromatic rings. The Morgan fingerprint density at radius 2 is 2.00 bits per heavy atom. The highest BCUT2D eigenvalue weighted by Gasteiger charge is 2.39. The van der Waals surface area contributed by atoms with Crippen molar-refractivity contribution >= 4 is 15.9 Å². The van der Waals surface area contributed by atoms with Gasteiger partial charge in [0.05, 0.1) is 5.75 Å². The first-order chi connectivity index (χ1) is 10.5. The monoisotopic (exact) mass is 324 g/mol. The smallest absolute Gasteiger partial charge is 0.241 e. The maximum atomic E-state index is 12.6. The second kappa shape index (κ2) is 7.24. The first-order valence-corrected chi connectivity index (χ1v) is 9.35. The van der Waals surface area contributed by atoms with Gasteiger partial charge in [0.2, 0.25) is 15.9 Å². The zero-order valence-corrected chi connectivity index (χ0v) is 14.1. The lowest BCUT2D eigenvalue weighted by atomic mass is 10.1. The summed E-state index contributed by atoms with van der Waals surface area (Å²) >= 11 is 0. The van der Waals surface area contributed by atoms with Crippen LogP contribution in [0.1, 0.15) is 31.7 Å². The van der Waals surface area contributed by atoms with E-state index in [9.17, 15) is 13.2 Å². The van der Waals surface area contributed by atoms with Gasteiger partial charge in [-0.1, -0.05) is 37.3 Å². The first-order valence-electron chi connectivity index (χ1n) is 7.74. The Hall–Kier alpha value is -1.40. The van der Waals surface area contributed by atoms with E-state index in [0.717, 1.165) is 12.0 Å². The molecule has 122 valence electrons. The lowest BCUT2D eigenvalue weighted by molar-refractivity contribution is -0.133. The molecule has 0 bridgehead atoms. The topological polar surface area (TPSA) is 57.7 Å². The minimum atomic E-state index is -3.32.